The number of rotatable bonds is 7. The van der Waals surface area contributed by atoms with Crippen LogP contribution in [0.15, 0.2) is 31.0 Å². The number of nitrogens with one attached hydrogen (secondary N) is 2. The number of aryl methyl sites for hydroxylation is 2. The molecule has 172 valence electrons. The molecule has 4 rings (SSSR count). The molecule has 1 aromatic carbocycles. The van der Waals surface area contributed by atoms with Crippen molar-refractivity contribution >= 4 is 22.8 Å². The van der Waals surface area contributed by atoms with E-state index in [-0.39, 0.29) is 6.04 Å². The molecule has 0 bridgehead atoms. The summed E-state index contributed by atoms with van der Waals surface area (Å²) in [5, 5.41) is 3.51. The van der Waals surface area contributed by atoms with Crippen molar-refractivity contribution < 1.29 is 4.74 Å². The highest BCUT2D eigenvalue weighted by atomic mass is 16.5. The fourth-order valence-corrected chi connectivity index (χ4v) is 4.27. The lowest BCUT2D eigenvalue weighted by molar-refractivity contribution is 0.409. The molecule has 1 unspecified atom stereocenters. The third kappa shape index (κ3) is 4.08. The Morgan fingerprint density at radius 3 is 2.61 bits per heavy atom. The summed E-state index contributed by atoms with van der Waals surface area (Å²) in [6.07, 6.45) is 5.99. The van der Waals surface area contributed by atoms with E-state index in [2.05, 4.69) is 70.0 Å². The van der Waals surface area contributed by atoms with Gasteiger partial charge in [-0.2, -0.15) is 0 Å². The Morgan fingerprint density at radius 1 is 1.12 bits per heavy atom. The van der Waals surface area contributed by atoms with Crippen molar-refractivity contribution in [3.8, 4) is 16.9 Å². The van der Waals surface area contributed by atoms with Gasteiger partial charge in [-0.15, -0.1) is 0 Å². The number of ether oxygens (including phenoxy) is 1. The van der Waals surface area contributed by atoms with E-state index in [4.69, 9.17) is 9.72 Å². The van der Waals surface area contributed by atoms with Gasteiger partial charge in [0, 0.05) is 37.0 Å². The first-order valence-electron chi connectivity index (χ1n) is 11.1. The van der Waals surface area contributed by atoms with Crippen LogP contribution in [-0.2, 0) is 6.42 Å². The summed E-state index contributed by atoms with van der Waals surface area (Å²) >= 11 is 0. The molecule has 1 atom stereocenters. The van der Waals surface area contributed by atoms with Gasteiger partial charge in [-0.1, -0.05) is 13.0 Å². The Kier molecular flexibility index (Phi) is 6.18. The summed E-state index contributed by atoms with van der Waals surface area (Å²) in [5.74, 6) is 2.54. The van der Waals surface area contributed by atoms with Gasteiger partial charge in [0.15, 0.2) is 11.5 Å². The van der Waals surface area contributed by atoms with E-state index in [1.54, 1.807) is 13.4 Å². The maximum atomic E-state index is 6.02. The van der Waals surface area contributed by atoms with E-state index in [0.717, 1.165) is 40.2 Å². The first-order chi connectivity index (χ1) is 15.8. The van der Waals surface area contributed by atoms with Crippen LogP contribution in [0.3, 0.4) is 0 Å². The van der Waals surface area contributed by atoms with Crippen molar-refractivity contribution in [2.24, 2.45) is 0 Å². The Hall–Kier alpha value is -3.68. The average Bonchev–Trinajstić information content (AvgIpc) is 3.29. The van der Waals surface area contributed by atoms with E-state index in [1.165, 1.54) is 23.0 Å². The van der Waals surface area contributed by atoms with Gasteiger partial charge in [-0.05, 0) is 49.9 Å². The smallest absolute Gasteiger partial charge is 0.182 e. The number of aromatic amines is 1. The number of hydrogen-bond acceptors (Lipinski definition) is 7. The molecule has 3 heterocycles. The van der Waals surface area contributed by atoms with E-state index in [9.17, 15) is 0 Å². The van der Waals surface area contributed by atoms with Crippen LogP contribution in [0.5, 0.6) is 5.75 Å². The molecule has 2 N–H and O–H groups in total. The Labute approximate surface area is 194 Å². The second-order valence-electron chi connectivity index (χ2n) is 8.46. The van der Waals surface area contributed by atoms with E-state index in [1.807, 2.05) is 20.3 Å². The van der Waals surface area contributed by atoms with Crippen LogP contribution in [0.4, 0.5) is 11.6 Å². The molecular weight excluding hydrogens is 414 g/mol. The van der Waals surface area contributed by atoms with Gasteiger partial charge in [-0.3, -0.25) is 0 Å². The quantitative estimate of drug-likeness (QED) is 0.420. The van der Waals surface area contributed by atoms with Crippen molar-refractivity contribution in [3.63, 3.8) is 0 Å². The molecule has 0 aliphatic rings. The Bertz CT molecular complexity index is 1300. The maximum Gasteiger partial charge on any atom is 0.182 e. The number of hydrogen-bond donors (Lipinski definition) is 2. The van der Waals surface area contributed by atoms with E-state index >= 15 is 0 Å². The van der Waals surface area contributed by atoms with Crippen LogP contribution < -0.4 is 15.0 Å². The Morgan fingerprint density at radius 2 is 1.91 bits per heavy atom. The highest BCUT2D eigenvalue weighted by Crippen LogP contribution is 2.42. The molecule has 0 aliphatic heterocycles. The van der Waals surface area contributed by atoms with Crippen LogP contribution in [0, 0.1) is 13.8 Å². The summed E-state index contributed by atoms with van der Waals surface area (Å²) < 4.78 is 6.02. The van der Waals surface area contributed by atoms with Crippen molar-refractivity contribution in [3.05, 3.63) is 53.2 Å². The van der Waals surface area contributed by atoms with Crippen LogP contribution in [0.25, 0.3) is 22.3 Å². The van der Waals surface area contributed by atoms with E-state index < -0.39 is 0 Å². The minimum Gasteiger partial charge on any atom is -0.496 e. The fraction of sp³-hybridized carbons (Fsp3) is 0.360. The van der Waals surface area contributed by atoms with Crippen LogP contribution >= 0.6 is 0 Å². The second kappa shape index (κ2) is 9.05. The number of methoxy groups -OCH3 is 1. The molecule has 0 spiro atoms. The molecule has 0 saturated carbocycles. The fourth-order valence-electron chi connectivity index (χ4n) is 4.27. The standard InChI is InChI=1S/C25H31N7O/c1-8-17-10-18(11-26-25(17)32(5)6)20-15(3)14(2)9-19(22(20)33-7)16(4)31-24-21-23(28-12-27-21)29-13-30-24/h9-13,16H,8H2,1-7H3,(H2,27,28,29,30,31). The number of benzene rings is 1. The molecular formula is C25H31N7O. The zero-order valence-corrected chi connectivity index (χ0v) is 20.3. The normalized spacial score (nSPS) is 12.1. The van der Waals surface area contributed by atoms with Gasteiger partial charge in [0.25, 0.3) is 0 Å². The molecule has 0 fully saturated rings. The van der Waals surface area contributed by atoms with Gasteiger partial charge >= 0.3 is 0 Å². The number of aromatic nitrogens is 5. The topological polar surface area (TPSA) is 91.9 Å². The van der Waals surface area contributed by atoms with Gasteiger partial charge in [0.05, 0.1) is 19.5 Å². The summed E-state index contributed by atoms with van der Waals surface area (Å²) in [6.45, 7) is 8.53. The predicted octanol–water partition coefficient (Wildman–Crippen LogP) is 4.84. The second-order valence-corrected chi connectivity index (χ2v) is 8.46. The molecule has 8 heteroatoms. The lowest BCUT2D eigenvalue weighted by Crippen LogP contribution is -2.14. The van der Waals surface area contributed by atoms with Crippen molar-refractivity contribution in [2.45, 2.75) is 40.2 Å². The van der Waals surface area contributed by atoms with Crippen LogP contribution in [0.1, 0.15) is 42.1 Å². The molecule has 3 aromatic heterocycles. The number of nitrogens with zero attached hydrogens (tertiary/aromatic N) is 5. The monoisotopic (exact) mass is 445 g/mol. The van der Waals surface area contributed by atoms with Crippen molar-refractivity contribution in [1.82, 2.24) is 24.9 Å². The third-order valence-corrected chi connectivity index (χ3v) is 6.11. The average molecular weight is 446 g/mol. The minimum atomic E-state index is -0.0703. The maximum absolute atomic E-state index is 6.02. The zero-order valence-electron chi connectivity index (χ0n) is 20.3. The molecule has 8 nitrogen and oxygen atoms in total. The van der Waals surface area contributed by atoms with Gasteiger partial charge in [0.1, 0.15) is 23.4 Å². The van der Waals surface area contributed by atoms with Crippen LogP contribution in [0.2, 0.25) is 0 Å². The number of imidazole rings is 1. The van der Waals surface area contributed by atoms with Crippen molar-refractivity contribution in [2.75, 3.05) is 31.4 Å². The van der Waals surface area contributed by atoms with Gasteiger partial charge < -0.3 is 19.9 Å². The SMILES string of the molecule is CCc1cc(-c2c(C)c(C)cc(C(C)Nc3ncnc4nc[nH]c34)c2OC)cnc1N(C)C. The molecule has 0 amide bonds. The molecule has 0 saturated heterocycles. The minimum absolute atomic E-state index is 0.0703. The number of H-pyrrole nitrogens is 1. The summed E-state index contributed by atoms with van der Waals surface area (Å²) in [4.78, 5) is 22.8. The van der Waals surface area contributed by atoms with Gasteiger partial charge in [0.2, 0.25) is 0 Å². The predicted molar refractivity (Wildman–Crippen MR) is 133 cm³/mol. The molecule has 0 aliphatic carbocycles. The molecule has 33 heavy (non-hydrogen) atoms. The number of fused-ring (bicyclic) bond motifs is 1. The van der Waals surface area contributed by atoms with Gasteiger partial charge in [-0.25, -0.2) is 19.9 Å². The third-order valence-electron chi connectivity index (χ3n) is 6.11. The van der Waals surface area contributed by atoms with Crippen LogP contribution in [-0.4, -0.2) is 46.1 Å². The summed E-state index contributed by atoms with van der Waals surface area (Å²) in [6, 6.07) is 4.34. The first kappa shape index (κ1) is 22.5. The zero-order chi connectivity index (χ0) is 23.7. The lowest BCUT2D eigenvalue weighted by Gasteiger charge is -2.24. The lowest BCUT2D eigenvalue weighted by atomic mass is 9.90. The first-order valence-corrected chi connectivity index (χ1v) is 11.1. The number of anilines is 2. The number of pyridine rings is 1. The Balaban J connectivity index is 1.82. The molecule has 4 aromatic rings. The van der Waals surface area contributed by atoms with Crippen molar-refractivity contribution in [1.29, 1.82) is 0 Å². The summed E-state index contributed by atoms with van der Waals surface area (Å²) in [5.41, 5.74) is 8.17. The largest absolute Gasteiger partial charge is 0.496 e. The summed E-state index contributed by atoms with van der Waals surface area (Å²) in [7, 11) is 5.77. The van der Waals surface area contributed by atoms with E-state index in [0.29, 0.717) is 11.5 Å². The highest BCUT2D eigenvalue weighted by Gasteiger charge is 2.22. The highest BCUT2D eigenvalue weighted by molar-refractivity contribution is 5.83. The molecule has 0 radical (unpaired) electrons.